The Hall–Kier alpha value is -9.16. The van der Waals surface area contributed by atoms with Gasteiger partial charge in [-0.1, -0.05) is 49.2 Å². The maximum Gasteiger partial charge on any atom is 0.490 e. The summed E-state index contributed by atoms with van der Waals surface area (Å²) in [4.78, 5) is 77.4. The molecule has 0 aromatic heterocycles. The maximum atomic E-state index is 12.0. The summed E-state index contributed by atoms with van der Waals surface area (Å²) in [6, 6.07) is 37.8. The fraction of sp³-hybridized carbons (Fsp3) is 0.0741. The van der Waals surface area contributed by atoms with Crippen molar-refractivity contribution in [2.24, 2.45) is 15.0 Å². The Morgan fingerprint density at radius 3 is 0.963 bits per heavy atom. The Morgan fingerprint density at radius 1 is 0.463 bits per heavy atom. The quantitative estimate of drug-likeness (QED) is 0.0179. The summed E-state index contributed by atoms with van der Waals surface area (Å²) in [6.07, 6.45) is 9.06. The molecule has 0 unspecified atom stereocenters. The second kappa shape index (κ2) is 34.6. The molecule has 0 spiro atoms. The number of carbonyl (C=O) groups excluding carboxylic acids is 6. The minimum Gasteiger partial charge on any atom is -0.445 e. The number of hydrogen-bond donors (Lipinski definition) is 4. The van der Waals surface area contributed by atoms with Crippen LogP contribution in [0.3, 0.4) is 0 Å². The number of anilines is 3. The summed E-state index contributed by atoms with van der Waals surface area (Å²) in [6.45, 7) is 7.01. The molecule has 26 heteroatoms. The number of aliphatic hydroxyl groups excluding tert-OH is 1. The van der Waals surface area contributed by atoms with E-state index in [1.807, 2.05) is 0 Å². The van der Waals surface area contributed by atoms with Gasteiger partial charge in [0.05, 0.1) is 23.7 Å². The van der Waals surface area contributed by atoms with Gasteiger partial charge in [-0.25, -0.2) is 24.0 Å². The lowest BCUT2D eigenvalue weighted by Crippen LogP contribution is -2.13. The van der Waals surface area contributed by atoms with Gasteiger partial charge in [-0.05, 0) is 146 Å². The Balaban J connectivity index is 0.000000336. The number of rotatable bonds is 25. The van der Waals surface area contributed by atoms with E-state index in [1.165, 1.54) is 36.5 Å². The first-order chi connectivity index (χ1) is 38.7. The molecule has 3 amide bonds. The van der Waals surface area contributed by atoms with Crippen molar-refractivity contribution >= 4 is 119 Å². The van der Waals surface area contributed by atoms with Gasteiger partial charge in [0.25, 0.3) is 5.24 Å². The third-order valence-electron chi connectivity index (χ3n) is 8.77. The molecule has 6 rings (SSSR count). The number of thioether (sulfide) groups is 1. The van der Waals surface area contributed by atoms with Gasteiger partial charge in [-0.2, -0.15) is 15.0 Å². The van der Waals surface area contributed by atoms with Crippen LogP contribution < -0.4 is 43.1 Å². The Labute approximate surface area is 473 Å². The average Bonchev–Trinajstić information content (AvgIpc) is 3.45. The van der Waals surface area contributed by atoms with Crippen LogP contribution >= 0.6 is 25.2 Å². The van der Waals surface area contributed by atoms with Crippen molar-refractivity contribution in [2.45, 2.75) is 0 Å². The summed E-state index contributed by atoms with van der Waals surface area (Å²) < 4.78 is 45.6. The molecule has 0 saturated heterocycles. The monoisotopic (exact) mass is 1180 g/mol. The third kappa shape index (κ3) is 24.0. The Kier molecular flexibility index (Phi) is 27.4. The first-order valence-electron chi connectivity index (χ1n) is 22.7. The van der Waals surface area contributed by atoms with Gasteiger partial charge in [0.15, 0.2) is 0 Å². The summed E-state index contributed by atoms with van der Waals surface area (Å²) in [5.74, 6) is 2.40. The van der Waals surface area contributed by atoms with Gasteiger partial charge in [0.1, 0.15) is 47.7 Å². The summed E-state index contributed by atoms with van der Waals surface area (Å²) in [5.41, 5.74) is 2.64. The lowest BCUT2D eigenvalue weighted by Gasteiger charge is -2.23. The molecule has 0 fully saturated rings. The summed E-state index contributed by atoms with van der Waals surface area (Å²) in [5, 5.41) is 15.5. The molecule has 80 heavy (non-hydrogen) atoms. The number of aliphatic hydroxyl groups is 1. The second-order valence-electron chi connectivity index (χ2n) is 14.6. The predicted molar refractivity (Wildman–Crippen MR) is 314 cm³/mol. The van der Waals surface area contributed by atoms with Crippen LogP contribution in [0, 0.1) is 0 Å². The number of nitrogens with zero attached hydrogens (tertiary/aromatic N) is 3. The van der Waals surface area contributed by atoms with Crippen LogP contribution in [-0.4, -0.2) is 66.3 Å². The van der Waals surface area contributed by atoms with E-state index in [9.17, 15) is 28.8 Å². The highest BCUT2D eigenvalue weighted by Gasteiger charge is 2.29. The standard InChI is InChI=1S/C30H30N3O8PS2.C21H12N3O6PS.C3H6O/c1-4-19-37-28(34)31-22-7-13-25(14-8-22)39-42(43,40-26-15-9-23(10-16-26)32-29(35)38-20-5-2)41-27-17-11-24(12-18-27)33-30(36)44-21-6-3;25-13-22-16-1-7-19(8-2-16)28-31(32,29-20-9-3-17(4-10-20)23-14-26)30-21-11-5-18(6-12-21)24-15-27;1-2-3-4/h4-18H,1-3,19-21H2,(H,31,34)(H,32,35)(H,33,36);1-12H;2,4H,1,3H2. The van der Waals surface area contributed by atoms with Crippen molar-refractivity contribution < 1.29 is 70.5 Å². The SMILES string of the molecule is C=CCO.C=CCOC(=O)Nc1ccc(OP(=S)(Oc2ccc(NC(=O)OCC=C)cc2)Oc2ccc(NC(=O)SCC=C)cc2)cc1.O=C=Nc1ccc(OP(=S)(Oc2ccc(N=C=O)cc2)Oc2ccc(N=C=O)cc2)cc1. The Bertz CT molecular complexity index is 2940. The minimum absolute atomic E-state index is 0.0721. The predicted octanol–water partition coefficient (Wildman–Crippen LogP) is 13.9. The molecule has 0 bridgehead atoms. The molecular weight excluding hydrogens is 1130 g/mol. The number of isocyanates is 3. The lowest BCUT2D eigenvalue weighted by molar-refractivity contribution is 0.173. The lowest BCUT2D eigenvalue weighted by atomic mass is 10.3. The number of benzene rings is 6. The van der Waals surface area contributed by atoms with Crippen molar-refractivity contribution in [1.82, 2.24) is 0 Å². The first-order valence-corrected chi connectivity index (χ1v) is 28.8. The van der Waals surface area contributed by atoms with Gasteiger partial charge in [-0.15, -0.1) is 13.2 Å². The molecule has 412 valence electrons. The molecule has 6 aromatic carbocycles. The van der Waals surface area contributed by atoms with Crippen LogP contribution in [0.2, 0.25) is 0 Å². The van der Waals surface area contributed by atoms with E-state index in [2.05, 4.69) is 57.2 Å². The van der Waals surface area contributed by atoms with Crippen LogP contribution in [0.1, 0.15) is 0 Å². The largest absolute Gasteiger partial charge is 0.490 e. The van der Waals surface area contributed by atoms with Crippen molar-refractivity contribution in [3.63, 3.8) is 0 Å². The van der Waals surface area contributed by atoms with E-state index >= 15 is 0 Å². The fourth-order valence-corrected chi connectivity index (χ4v) is 9.96. The number of ether oxygens (including phenoxy) is 2. The number of amides is 3. The highest BCUT2D eigenvalue weighted by molar-refractivity contribution is 8.14. The molecule has 0 radical (unpaired) electrons. The van der Waals surface area contributed by atoms with E-state index in [1.54, 1.807) is 152 Å². The molecule has 0 aliphatic rings. The van der Waals surface area contributed by atoms with E-state index in [0.29, 0.717) is 74.4 Å². The molecule has 0 heterocycles. The van der Waals surface area contributed by atoms with Crippen molar-refractivity contribution in [2.75, 3.05) is 41.5 Å². The molecule has 0 atom stereocenters. The zero-order valence-corrected chi connectivity index (χ0v) is 46.2. The number of hydrogen-bond acceptors (Lipinski definition) is 21. The van der Waals surface area contributed by atoms with E-state index < -0.39 is 25.6 Å². The van der Waals surface area contributed by atoms with Crippen LogP contribution in [0.25, 0.3) is 0 Å². The molecule has 0 saturated carbocycles. The highest BCUT2D eigenvalue weighted by Crippen LogP contribution is 2.52. The van der Waals surface area contributed by atoms with Crippen molar-refractivity contribution in [1.29, 1.82) is 0 Å². The zero-order valence-electron chi connectivity index (χ0n) is 41.9. The van der Waals surface area contributed by atoms with Crippen molar-refractivity contribution in [3.8, 4) is 34.5 Å². The zero-order chi connectivity index (χ0) is 58.0. The van der Waals surface area contributed by atoms with E-state index in [4.69, 9.17) is 65.3 Å². The first kappa shape index (κ1) is 63.4. The number of aliphatic imine (C=N–C) groups is 3. The average molecular weight is 1180 g/mol. The van der Waals surface area contributed by atoms with E-state index in [0.717, 1.165) is 11.8 Å². The normalized spacial score (nSPS) is 10.6. The van der Waals surface area contributed by atoms with Gasteiger partial charge in [0, 0.05) is 46.4 Å². The van der Waals surface area contributed by atoms with Gasteiger partial charge in [-0.3, -0.25) is 15.4 Å². The molecule has 4 N–H and O–H groups in total. The Morgan fingerprint density at radius 2 is 0.725 bits per heavy atom. The van der Waals surface area contributed by atoms with Crippen LogP contribution in [0.5, 0.6) is 34.5 Å². The highest BCUT2D eigenvalue weighted by atomic mass is 32.5. The van der Waals surface area contributed by atoms with Crippen molar-refractivity contribution in [3.05, 3.63) is 196 Å². The number of carbonyl (C=O) groups is 3. The third-order valence-corrected chi connectivity index (χ3v) is 13.5. The van der Waals surface area contributed by atoms with E-state index in [-0.39, 0.29) is 25.1 Å². The summed E-state index contributed by atoms with van der Waals surface area (Å²) in [7, 11) is 0. The van der Waals surface area contributed by atoms with Gasteiger partial charge in [0.2, 0.25) is 18.2 Å². The molecule has 0 aliphatic carbocycles. The van der Waals surface area contributed by atoms with Crippen LogP contribution in [0.4, 0.5) is 48.5 Å². The fourth-order valence-electron chi connectivity index (χ4n) is 5.45. The summed E-state index contributed by atoms with van der Waals surface area (Å²) >= 11 is 12.4. The molecule has 21 nitrogen and oxygen atoms in total. The molecule has 6 aromatic rings. The number of nitrogens with one attached hydrogen (secondary N) is 3. The second-order valence-corrected chi connectivity index (χ2v) is 21.2. The minimum atomic E-state index is -3.57. The van der Waals surface area contributed by atoms with Crippen LogP contribution in [-0.2, 0) is 47.5 Å². The molecular formula is C54H48N6O15P2S3. The molecule has 0 aliphatic heterocycles. The van der Waals surface area contributed by atoms with Gasteiger partial charge >= 0.3 is 25.6 Å². The smallest absolute Gasteiger partial charge is 0.445 e. The maximum absolute atomic E-state index is 12.0. The topological polar surface area (TPSA) is 270 Å². The van der Waals surface area contributed by atoms with Crippen LogP contribution in [0.15, 0.2) is 211 Å². The van der Waals surface area contributed by atoms with Gasteiger partial charge < -0.3 is 47.0 Å².